The van der Waals surface area contributed by atoms with Gasteiger partial charge in [-0.05, 0) is 81.7 Å². The van der Waals surface area contributed by atoms with E-state index in [1.54, 1.807) is 20.8 Å². The van der Waals surface area contributed by atoms with E-state index < -0.39 is 29.8 Å². The number of aliphatic hydroxyl groups excluding tert-OH is 1. The molecule has 1 fully saturated rings. The van der Waals surface area contributed by atoms with Crippen molar-refractivity contribution in [3.63, 3.8) is 0 Å². The lowest BCUT2D eigenvalue weighted by Crippen LogP contribution is -2.40. The maximum absolute atomic E-state index is 12.5. The highest BCUT2D eigenvalue weighted by Crippen LogP contribution is 2.56. The van der Waals surface area contributed by atoms with Gasteiger partial charge in [0.1, 0.15) is 17.2 Å². The summed E-state index contributed by atoms with van der Waals surface area (Å²) < 4.78 is 57.9. The minimum Gasteiger partial charge on any atom is -0.496 e. The Balaban J connectivity index is 1.77. The Morgan fingerprint density at radius 2 is 1.74 bits per heavy atom. The van der Waals surface area contributed by atoms with Crippen LogP contribution in [0.1, 0.15) is 61.5 Å². The number of carbonyl (C=O) groups excluding carboxylic acids is 1. The molecule has 2 aromatic rings. The zero-order valence-electron chi connectivity index (χ0n) is 20.7. The van der Waals surface area contributed by atoms with Gasteiger partial charge in [-0.1, -0.05) is 12.1 Å². The van der Waals surface area contributed by atoms with Gasteiger partial charge in [0.15, 0.2) is 5.60 Å². The van der Waals surface area contributed by atoms with Crippen molar-refractivity contribution in [2.75, 3.05) is 13.7 Å². The summed E-state index contributed by atoms with van der Waals surface area (Å²) in [5.41, 5.74) is 1.97. The monoisotopic (exact) mass is 496 g/mol. The number of esters is 1. The second-order valence-corrected chi connectivity index (χ2v) is 9.22. The van der Waals surface area contributed by atoms with Crippen LogP contribution < -0.4 is 14.2 Å². The van der Waals surface area contributed by atoms with Crippen LogP contribution in [0, 0.1) is 19.8 Å². The number of aryl methyl sites for hydroxylation is 2. The molecule has 2 aromatic carbocycles. The van der Waals surface area contributed by atoms with E-state index >= 15 is 0 Å². The molecule has 35 heavy (non-hydrogen) atoms. The molecule has 192 valence electrons. The molecular formula is C26H31F3O6. The van der Waals surface area contributed by atoms with Gasteiger partial charge < -0.3 is 24.1 Å². The van der Waals surface area contributed by atoms with Gasteiger partial charge in [0.05, 0.1) is 19.8 Å². The molecule has 1 saturated carbocycles. The summed E-state index contributed by atoms with van der Waals surface area (Å²) in [5.74, 6) is -0.196. The second-order valence-electron chi connectivity index (χ2n) is 9.22. The van der Waals surface area contributed by atoms with Gasteiger partial charge in [0.2, 0.25) is 0 Å². The van der Waals surface area contributed by atoms with E-state index in [1.807, 2.05) is 26.0 Å². The Labute approximate surface area is 202 Å². The Morgan fingerprint density at radius 3 is 2.29 bits per heavy atom. The van der Waals surface area contributed by atoms with Crippen molar-refractivity contribution < 1.29 is 42.0 Å². The fourth-order valence-corrected chi connectivity index (χ4v) is 4.27. The average molecular weight is 497 g/mol. The van der Waals surface area contributed by atoms with Crippen molar-refractivity contribution in [1.82, 2.24) is 0 Å². The Morgan fingerprint density at radius 1 is 1.11 bits per heavy atom. The third kappa shape index (κ3) is 6.20. The zero-order chi connectivity index (χ0) is 26.1. The highest BCUT2D eigenvalue weighted by molar-refractivity contribution is 5.79. The fraction of sp³-hybridized carbons (Fsp3) is 0.500. The van der Waals surface area contributed by atoms with Crippen LogP contribution in [0.15, 0.2) is 30.3 Å². The molecule has 0 aliphatic heterocycles. The van der Waals surface area contributed by atoms with Crippen molar-refractivity contribution in [3.8, 4) is 17.2 Å². The van der Waals surface area contributed by atoms with Gasteiger partial charge in [-0.2, -0.15) is 0 Å². The minimum atomic E-state index is -4.82. The maximum atomic E-state index is 12.5. The first-order chi connectivity index (χ1) is 16.3. The summed E-state index contributed by atoms with van der Waals surface area (Å²) in [6.07, 6.45) is -5.03. The Hall–Kier alpha value is -2.94. The Bertz CT molecular complexity index is 1060. The van der Waals surface area contributed by atoms with E-state index in [2.05, 4.69) is 4.74 Å². The fourth-order valence-electron chi connectivity index (χ4n) is 4.27. The number of aliphatic hydroxyl groups is 1. The van der Waals surface area contributed by atoms with Crippen LogP contribution in [0.25, 0.3) is 0 Å². The molecule has 9 heteroatoms. The predicted molar refractivity (Wildman–Crippen MR) is 123 cm³/mol. The maximum Gasteiger partial charge on any atom is 0.573 e. The molecule has 0 saturated heterocycles. The van der Waals surface area contributed by atoms with Crippen molar-refractivity contribution in [3.05, 3.63) is 52.6 Å². The number of ether oxygens (including phenoxy) is 4. The van der Waals surface area contributed by atoms with E-state index in [-0.39, 0.29) is 24.2 Å². The van der Waals surface area contributed by atoms with Crippen LogP contribution in [0.5, 0.6) is 17.2 Å². The molecule has 0 bridgehead atoms. The number of hydrogen-bond donors (Lipinski definition) is 1. The number of benzene rings is 2. The largest absolute Gasteiger partial charge is 0.573 e. The van der Waals surface area contributed by atoms with Gasteiger partial charge in [-0.3, -0.25) is 0 Å². The van der Waals surface area contributed by atoms with Gasteiger partial charge in [0, 0.05) is 11.6 Å². The summed E-state index contributed by atoms with van der Waals surface area (Å²) in [4.78, 5) is 12.2. The number of alkyl halides is 3. The molecule has 1 aliphatic carbocycles. The molecule has 3 atom stereocenters. The van der Waals surface area contributed by atoms with Crippen molar-refractivity contribution in [2.24, 2.45) is 5.92 Å². The third-order valence-corrected chi connectivity index (χ3v) is 6.04. The summed E-state index contributed by atoms with van der Waals surface area (Å²) in [7, 11) is 1.33. The number of hydrogen-bond acceptors (Lipinski definition) is 6. The third-order valence-electron chi connectivity index (χ3n) is 6.04. The van der Waals surface area contributed by atoms with Gasteiger partial charge in [-0.25, -0.2) is 4.79 Å². The molecule has 0 amide bonds. The molecular weight excluding hydrogens is 465 g/mol. The number of halogens is 3. The number of carbonyl (C=O) groups is 1. The van der Waals surface area contributed by atoms with E-state index in [9.17, 15) is 23.1 Å². The topological polar surface area (TPSA) is 74.2 Å². The van der Waals surface area contributed by atoms with Crippen LogP contribution in [0.3, 0.4) is 0 Å². The molecule has 0 aromatic heterocycles. The highest BCUT2D eigenvalue weighted by atomic mass is 19.4. The Kier molecular flexibility index (Phi) is 7.59. The van der Waals surface area contributed by atoms with Crippen LogP contribution in [0.4, 0.5) is 13.2 Å². The summed E-state index contributed by atoms with van der Waals surface area (Å²) >= 11 is 0. The van der Waals surface area contributed by atoms with Gasteiger partial charge in [-0.15, -0.1) is 13.2 Å². The van der Waals surface area contributed by atoms with E-state index in [4.69, 9.17) is 14.2 Å². The minimum absolute atomic E-state index is 0.0605. The molecule has 0 radical (unpaired) electrons. The lowest BCUT2D eigenvalue weighted by molar-refractivity contribution is -0.274. The van der Waals surface area contributed by atoms with Crippen LogP contribution in [-0.4, -0.2) is 36.8 Å². The standard InChI is InChI=1S/C26H31F3O6/c1-7-33-24(31)25(4,5)35-23-14(2)10-16(11-15(23)3)19-13-20(19)22(30)18-9-8-17(12-21(18)32-6)34-26(27,28)29/h8-12,19-20,22,30H,7,13H2,1-6H3. The molecule has 0 heterocycles. The lowest BCUT2D eigenvalue weighted by Gasteiger charge is -2.26. The van der Waals surface area contributed by atoms with Crippen molar-refractivity contribution in [2.45, 2.75) is 65.0 Å². The lowest BCUT2D eigenvalue weighted by atomic mass is 9.97. The normalized spacial score (nSPS) is 18.6. The zero-order valence-corrected chi connectivity index (χ0v) is 20.7. The smallest absolute Gasteiger partial charge is 0.496 e. The summed E-state index contributed by atoms with van der Waals surface area (Å²) in [5, 5.41) is 11.0. The predicted octanol–water partition coefficient (Wildman–Crippen LogP) is 5.77. The first-order valence-electron chi connectivity index (χ1n) is 11.4. The van der Waals surface area contributed by atoms with E-state index in [1.165, 1.54) is 13.2 Å². The van der Waals surface area contributed by atoms with E-state index in [0.29, 0.717) is 17.7 Å². The molecule has 6 nitrogen and oxygen atoms in total. The van der Waals surface area contributed by atoms with Gasteiger partial charge >= 0.3 is 12.3 Å². The summed E-state index contributed by atoms with van der Waals surface area (Å²) in [6.45, 7) is 9.09. The second kappa shape index (κ2) is 9.97. The molecule has 1 aliphatic rings. The first kappa shape index (κ1) is 26.7. The van der Waals surface area contributed by atoms with Crippen molar-refractivity contribution >= 4 is 5.97 Å². The molecule has 3 unspecified atom stereocenters. The summed E-state index contributed by atoms with van der Waals surface area (Å²) in [6, 6.07) is 7.62. The highest BCUT2D eigenvalue weighted by Gasteiger charge is 2.45. The average Bonchev–Trinajstić information content (AvgIpc) is 3.55. The SMILES string of the molecule is CCOC(=O)C(C)(C)Oc1c(C)cc(C2CC2C(O)c2ccc(OC(F)(F)F)cc2OC)cc1C. The van der Waals surface area contributed by atoms with Crippen molar-refractivity contribution in [1.29, 1.82) is 0 Å². The van der Waals surface area contributed by atoms with Crippen LogP contribution >= 0.6 is 0 Å². The number of rotatable bonds is 9. The van der Waals surface area contributed by atoms with Crippen LogP contribution in [-0.2, 0) is 9.53 Å². The first-order valence-corrected chi connectivity index (χ1v) is 11.4. The quantitative estimate of drug-likeness (QED) is 0.445. The molecule has 0 spiro atoms. The van der Waals surface area contributed by atoms with Crippen LogP contribution in [0.2, 0.25) is 0 Å². The van der Waals surface area contributed by atoms with Gasteiger partial charge in [0.25, 0.3) is 0 Å². The molecule has 3 rings (SSSR count). The number of methoxy groups -OCH3 is 1. The van der Waals surface area contributed by atoms with E-state index in [0.717, 1.165) is 28.8 Å². The molecule has 1 N–H and O–H groups in total.